The van der Waals surface area contributed by atoms with Gasteiger partial charge in [-0.15, -0.1) is 0 Å². The van der Waals surface area contributed by atoms with Crippen LogP contribution in [0, 0.1) is 0 Å². The van der Waals surface area contributed by atoms with Crippen LogP contribution in [-0.2, 0) is 20.9 Å². The Labute approximate surface area is 94.3 Å². The minimum Gasteiger partial charge on any atom is -0.374 e. The van der Waals surface area contributed by atoms with E-state index in [0.717, 1.165) is 5.56 Å². The maximum Gasteiger partial charge on any atom is 0.177 e. The lowest BCUT2D eigenvalue weighted by atomic mass is 10.1. The van der Waals surface area contributed by atoms with Crippen molar-refractivity contribution in [1.29, 1.82) is 0 Å². The minimum absolute atomic E-state index is 0.0479. The highest BCUT2D eigenvalue weighted by molar-refractivity contribution is 5.87. The van der Waals surface area contributed by atoms with Gasteiger partial charge in [0.15, 0.2) is 5.78 Å². The fourth-order valence-corrected chi connectivity index (χ4v) is 1.62. The van der Waals surface area contributed by atoms with E-state index in [1.54, 1.807) is 0 Å². The third-order valence-electron chi connectivity index (χ3n) is 2.61. The highest BCUT2D eigenvalue weighted by Gasteiger charge is 2.32. The minimum atomic E-state index is -0.532. The van der Waals surface area contributed by atoms with E-state index < -0.39 is 6.04 Å². The Morgan fingerprint density at radius 2 is 2.12 bits per heavy atom. The van der Waals surface area contributed by atoms with Crippen molar-refractivity contribution in [2.45, 2.75) is 18.8 Å². The van der Waals surface area contributed by atoms with E-state index in [9.17, 15) is 4.79 Å². The summed E-state index contributed by atoms with van der Waals surface area (Å²) in [5.74, 6) is -0.0479. The average Bonchev–Trinajstić information content (AvgIpc) is 2.62. The van der Waals surface area contributed by atoms with E-state index in [4.69, 9.17) is 15.2 Å². The molecule has 1 aromatic rings. The van der Waals surface area contributed by atoms with Crippen LogP contribution in [0.15, 0.2) is 30.3 Å². The smallest absolute Gasteiger partial charge is 0.177 e. The van der Waals surface area contributed by atoms with Gasteiger partial charge in [0.05, 0.1) is 19.3 Å². The molecule has 0 aliphatic carbocycles. The van der Waals surface area contributed by atoms with Gasteiger partial charge in [0.25, 0.3) is 0 Å². The Bertz CT molecular complexity index is 353. The topological polar surface area (TPSA) is 61.6 Å². The quantitative estimate of drug-likeness (QED) is 0.804. The molecule has 16 heavy (non-hydrogen) atoms. The second-order valence-electron chi connectivity index (χ2n) is 3.84. The van der Waals surface area contributed by atoms with Crippen molar-refractivity contribution in [2.24, 2.45) is 5.73 Å². The monoisotopic (exact) mass is 221 g/mol. The van der Waals surface area contributed by atoms with Gasteiger partial charge in [0.2, 0.25) is 0 Å². The predicted octanol–water partition coefficient (Wildman–Crippen LogP) is 0.498. The first-order valence-electron chi connectivity index (χ1n) is 5.29. The second kappa shape index (κ2) is 5.21. The molecule has 2 N–H and O–H groups in total. The highest BCUT2D eigenvalue weighted by atomic mass is 16.5. The Morgan fingerprint density at radius 1 is 1.38 bits per heavy atom. The molecule has 0 aromatic heterocycles. The van der Waals surface area contributed by atoms with Gasteiger partial charge in [-0.3, -0.25) is 4.79 Å². The Hall–Kier alpha value is -1.23. The van der Waals surface area contributed by atoms with Crippen LogP contribution in [0.4, 0.5) is 0 Å². The van der Waals surface area contributed by atoms with Gasteiger partial charge in [0, 0.05) is 0 Å². The number of rotatable bonds is 4. The molecule has 2 atom stereocenters. The molecule has 0 radical (unpaired) electrons. The first kappa shape index (κ1) is 11.3. The van der Waals surface area contributed by atoms with Crippen molar-refractivity contribution in [2.75, 3.05) is 13.2 Å². The second-order valence-corrected chi connectivity index (χ2v) is 3.84. The predicted molar refractivity (Wildman–Crippen MR) is 58.8 cm³/mol. The number of hydrogen-bond donors (Lipinski definition) is 1. The maximum absolute atomic E-state index is 11.1. The SMILES string of the molecule is NC1C(=O)COC1COCc1ccccc1. The van der Waals surface area contributed by atoms with Crippen LogP contribution in [0.25, 0.3) is 0 Å². The summed E-state index contributed by atoms with van der Waals surface area (Å²) in [6.07, 6.45) is -0.295. The maximum atomic E-state index is 11.1. The molecular formula is C12H15NO3. The van der Waals surface area contributed by atoms with Crippen molar-refractivity contribution in [3.63, 3.8) is 0 Å². The molecule has 0 spiro atoms. The Kier molecular flexibility index (Phi) is 3.66. The molecule has 86 valence electrons. The van der Waals surface area contributed by atoms with Gasteiger partial charge < -0.3 is 15.2 Å². The van der Waals surface area contributed by atoms with Gasteiger partial charge in [-0.05, 0) is 5.56 Å². The van der Waals surface area contributed by atoms with Crippen LogP contribution in [0.1, 0.15) is 5.56 Å². The normalized spacial score (nSPS) is 24.9. The third-order valence-corrected chi connectivity index (χ3v) is 2.61. The van der Waals surface area contributed by atoms with Crippen molar-refractivity contribution in [3.8, 4) is 0 Å². The summed E-state index contributed by atoms with van der Waals surface area (Å²) >= 11 is 0. The van der Waals surface area contributed by atoms with Crippen LogP contribution in [0.3, 0.4) is 0 Å². The molecule has 4 nitrogen and oxygen atoms in total. The van der Waals surface area contributed by atoms with Crippen LogP contribution in [0.5, 0.6) is 0 Å². The number of Topliss-reactive ketones (excluding diaryl/α,β-unsaturated/α-hetero) is 1. The first-order chi connectivity index (χ1) is 7.77. The van der Waals surface area contributed by atoms with Gasteiger partial charge in [-0.1, -0.05) is 30.3 Å². The molecule has 1 saturated heterocycles. The summed E-state index contributed by atoms with van der Waals surface area (Å²) in [4.78, 5) is 11.1. The number of hydrogen-bond acceptors (Lipinski definition) is 4. The summed E-state index contributed by atoms with van der Waals surface area (Å²) in [6.45, 7) is 0.990. The van der Waals surface area contributed by atoms with Gasteiger partial charge in [0.1, 0.15) is 12.7 Å². The van der Waals surface area contributed by atoms with E-state index in [1.807, 2.05) is 30.3 Å². The molecule has 1 aliphatic rings. The van der Waals surface area contributed by atoms with Crippen molar-refractivity contribution in [3.05, 3.63) is 35.9 Å². The molecule has 1 fully saturated rings. The van der Waals surface area contributed by atoms with Gasteiger partial charge >= 0.3 is 0 Å². The summed E-state index contributed by atoms with van der Waals surface area (Å²) in [6, 6.07) is 9.31. The zero-order chi connectivity index (χ0) is 11.4. The molecule has 0 saturated carbocycles. The van der Waals surface area contributed by atoms with Crippen LogP contribution in [0.2, 0.25) is 0 Å². The fraction of sp³-hybridized carbons (Fsp3) is 0.417. The molecule has 2 unspecified atom stereocenters. The Balaban J connectivity index is 1.75. The fourth-order valence-electron chi connectivity index (χ4n) is 1.62. The summed E-state index contributed by atoms with van der Waals surface area (Å²) in [5, 5.41) is 0. The largest absolute Gasteiger partial charge is 0.374 e. The van der Waals surface area contributed by atoms with Crippen molar-refractivity contribution < 1.29 is 14.3 Å². The number of nitrogens with two attached hydrogens (primary N) is 1. The lowest BCUT2D eigenvalue weighted by molar-refractivity contribution is -0.118. The summed E-state index contributed by atoms with van der Waals surface area (Å²) in [5.41, 5.74) is 6.75. The van der Waals surface area contributed by atoms with Crippen LogP contribution < -0.4 is 5.73 Å². The summed E-state index contributed by atoms with van der Waals surface area (Å²) < 4.78 is 10.7. The highest BCUT2D eigenvalue weighted by Crippen LogP contribution is 2.10. The van der Waals surface area contributed by atoms with Crippen LogP contribution in [-0.4, -0.2) is 31.1 Å². The number of carbonyl (C=O) groups excluding carboxylic acids is 1. The first-order valence-corrected chi connectivity index (χ1v) is 5.29. The molecule has 1 aliphatic heterocycles. The van der Waals surface area contributed by atoms with E-state index >= 15 is 0 Å². The zero-order valence-electron chi connectivity index (χ0n) is 8.96. The van der Waals surface area contributed by atoms with Crippen molar-refractivity contribution >= 4 is 5.78 Å². The van der Waals surface area contributed by atoms with E-state index in [0.29, 0.717) is 13.2 Å². The molecule has 0 amide bonds. The summed E-state index contributed by atoms with van der Waals surface area (Å²) in [7, 11) is 0. The van der Waals surface area contributed by atoms with Crippen molar-refractivity contribution in [1.82, 2.24) is 0 Å². The number of ether oxygens (including phenoxy) is 2. The molecule has 2 rings (SSSR count). The molecular weight excluding hydrogens is 206 g/mol. The number of carbonyl (C=O) groups is 1. The number of ketones is 1. The lowest BCUT2D eigenvalue weighted by Gasteiger charge is -2.13. The third kappa shape index (κ3) is 2.66. The zero-order valence-corrected chi connectivity index (χ0v) is 8.96. The molecule has 1 heterocycles. The standard InChI is InChI=1S/C12H15NO3/c13-12-10(14)7-16-11(12)8-15-6-9-4-2-1-3-5-9/h1-5,11-12H,6-8,13H2. The van der Waals surface area contributed by atoms with Gasteiger partial charge in [-0.25, -0.2) is 0 Å². The lowest BCUT2D eigenvalue weighted by Crippen LogP contribution is -2.38. The van der Waals surface area contributed by atoms with E-state index in [1.165, 1.54) is 0 Å². The molecule has 0 bridgehead atoms. The average molecular weight is 221 g/mol. The Morgan fingerprint density at radius 3 is 2.75 bits per heavy atom. The molecule has 4 heteroatoms. The van der Waals surface area contributed by atoms with Gasteiger partial charge in [-0.2, -0.15) is 0 Å². The van der Waals surface area contributed by atoms with E-state index in [-0.39, 0.29) is 18.5 Å². The number of benzene rings is 1. The van der Waals surface area contributed by atoms with Crippen LogP contribution >= 0.6 is 0 Å². The van der Waals surface area contributed by atoms with E-state index in [2.05, 4.69) is 0 Å². The molecule has 1 aromatic carbocycles.